The van der Waals surface area contributed by atoms with Gasteiger partial charge in [-0.1, -0.05) is 30.5 Å². The molecule has 142 valence electrons. The third-order valence-corrected chi connectivity index (χ3v) is 5.75. The van der Waals surface area contributed by atoms with Gasteiger partial charge < -0.3 is 20.3 Å². The molecule has 0 spiro atoms. The zero-order valence-corrected chi connectivity index (χ0v) is 15.4. The van der Waals surface area contributed by atoms with Gasteiger partial charge in [0.2, 0.25) is 5.91 Å². The van der Waals surface area contributed by atoms with Crippen LogP contribution < -0.4 is 5.32 Å². The third-order valence-electron chi connectivity index (χ3n) is 5.75. The number of hydrogen-bond acceptors (Lipinski definition) is 4. The molecule has 1 unspecified atom stereocenters. The summed E-state index contributed by atoms with van der Waals surface area (Å²) in [5.41, 5.74) is 2.85. The Morgan fingerprint density at radius 3 is 2.63 bits per heavy atom. The Morgan fingerprint density at radius 1 is 1.26 bits per heavy atom. The monoisotopic (exact) mass is 368 g/mol. The van der Waals surface area contributed by atoms with Gasteiger partial charge in [-0.25, -0.2) is 9.78 Å². The Morgan fingerprint density at radius 2 is 1.96 bits per heavy atom. The van der Waals surface area contributed by atoms with E-state index in [-0.39, 0.29) is 18.9 Å². The molecule has 1 aliphatic heterocycles. The predicted molar refractivity (Wildman–Crippen MR) is 100 cm³/mol. The number of aryl methyl sites for hydroxylation is 1. The van der Waals surface area contributed by atoms with Crippen molar-refractivity contribution in [3.63, 3.8) is 0 Å². The van der Waals surface area contributed by atoms with Gasteiger partial charge in [-0.15, -0.1) is 0 Å². The number of carbonyl (C=O) groups is 2. The first-order valence-corrected chi connectivity index (χ1v) is 9.38. The molecule has 0 bridgehead atoms. The average molecular weight is 368 g/mol. The fourth-order valence-electron chi connectivity index (χ4n) is 4.23. The van der Waals surface area contributed by atoms with Crippen molar-refractivity contribution in [1.29, 1.82) is 0 Å². The second-order valence-electron chi connectivity index (χ2n) is 7.60. The van der Waals surface area contributed by atoms with Gasteiger partial charge in [0, 0.05) is 12.1 Å². The van der Waals surface area contributed by atoms with Crippen LogP contribution in [0.2, 0.25) is 0 Å². The number of anilines is 1. The van der Waals surface area contributed by atoms with E-state index in [1.165, 1.54) is 4.90 Å². The molecule has 1 aliphatic carbocycles. The van der Waals surface area contributed by atoms with Crippen LogP contribution in [0.3, 0.4) is 0 Å². The molecule has 7 nitrogen and oxygen atoms in total. The van der Waals surface area contributed by atoms with Crippen molar-refractivity contribution >= 4 is 17.6 Å². The second kappa shape index (κ2) is 6.72. The topological polar surface area (TPSA) is 98.3 Å². The Labute approximate surface area is 157 Å². The first kappa shape index (κ1) is 17.6. The number of nitrogens with one attached hydrogen (secondary N) is 2. The van der Waals surface area contributed by atoms with E-state index in [1.807, 2.05) is 31.2 Å². The number of hydrogen-bond donors (Lipinski definition) is 3. The zero-order valence-electron chi connectivity index (χ0n) is 15.4. The standard InChI is InChI=1S/C20H24N4O3/c1-13-4-6-14(7-5-13)23-20(8-2-3-9-20)19(27)24-11-16-15(21-12-22-16)10-17(24)18(25)26/h4-7,12,17,23H,2-3,8-11H2,1H3,(H,21,22)(H,25,26). The number of nitrogens with zero attached hydrogens (tertiary/aromatic N) is 2. The van der Waals surface area contributed by atoms with E-state index < -0.39 is 17.6 Å². The quantitative estimate of drug-likeness (QED) is 0.770. The van der Waals surface area contributed by atoms with E-state index >= 15 is 0 Å². The smallest absolute Gasteiger partial charge is 0.326 e. The molecule has 2 aliphatic rings. The molecule has 4 rings (SSSR count). The van der Waals surface area contributed by atoms with Crippen LogP contribution in [0.5, 0.6) is 0 Å². The number of carbonyl (C=O) groups excluding carboxylic acids is 1. The van der Waals surface area contributed by atoms with Crippen LogP contribution in [-0.4, -0.2) is 43.4 Å². The maximum atomic E-state index is 13.6. The molecule has 27 heavy (non-hydrogen) atoms. The summed E-state index contributed by atoms with van der Waals surface area (Å²) in [7, 11) is 0. The van der Waals surface area contributed by atoms with Crippen molar-refractivity contribution in [3.05, 3.63) is 47.5 Å². The SMILES string of the molecule is Cc1ccc(NC2(C(=O)N3Cc4[nH]cnc4CC3C(=O)O)CCCC2)cc1. The van der Waals surface area contributed by atoms with Gasteiger partial charge in [0.25, 0.3) is 0 Å². The number of carboxylic acid groups (broad SMARTS) is 1. The number of aliphatic carboxylic acids is 1. The van der Waals surface area contributed by atoms with Gasteiger partial charge in [-0.05, 0) is 31.9 Å². The summed E-state index contributed by atoms with van der Waals surface area (Å²) in [5.74, 6) is -1.12. The predicted octanol–water partition coefficient (Wildman–Crippen LogP) is 2.48. The summed E-state index contributed by atoms with van der Waals surface area (Å²) >= 11 is 0. The van der Waals surface area contributed by atoms with Crippen molar-refractivity contribution in [2.45, 2.75) is 57.2 Å². The van der Waals surface area contributed by atoms with Crippen LogP contribution in [0.25, 0.3) is 0 Å². The number of H-pyrrole nitrogens is 1. The fraction of sp³-hybridized carbons (Fsp3) is 0.450. The Balaban J connectivity index is 1.65. The van der Waals surface area contributed by atoms with E-state index in [0.29, 0.717) is 12.8 Å². The molecule has 2 heterocycles. The lowest BCUT2D eigenvalue weighted by Gasteiger charge is -2.40. The number of imidazole rings is 1. The van der Waals surface area contributed by atoms with Crippen LogP contribution >= 0.6 is 0 Å². The highest BCUT2D eigenvalue weighted by Gasteiger charge is 2.48. The van der Waals surface area contributed by atoms with E-state index in [9.17, 15) is 14.7 Å². The first-order valence-electron chi connectivity index (χ1n) is 9.38. The number of amides is 1. The molecule has 0 saturated heterocycles. The number of benzene rings is 1. The highest BCUT2D eigenvalue weighted by atomic mass is 16.4. The van der Waals surface area contributed by atoms with Crippen molar-refractivity contribution in [2.24, 2.45) is 0 Å². The molecule has 1 amide bonds. The third kappa shape index (κ3) is 3.18. The number of carboxylic acids is 1. The number of aromatic nitrogens is 2. The summed E-state index contributed by atoms with van der Waals surface area (Å²) < 4.78 is 0. The summed E-state index contributed by atoms with van der Waals surface area (Å²) in [6, 6.07) is 7.08. The van der Waals surface area contributed by atoms with Crippen LogP contribution in [0, 0.1) is 6.92 Å². The molecule has 1 saturated carbocycles. The molecular weight excluding hydrogens is 344 g/mol. The number of aromatic amines is 1. The maximum absolute atomic E-state index is 13.6. The number of rotatable bonds is 4. The Bertz CT molecular complexity index is 852. The van der Waals surface area contributed by atoms with E-state index in [2.05, 4.69) is 15.3 Å². The van der Waals surface area contributed by atoms with Gasteiger partial charge in [0.1, 0.15) is 11.6 Å². The Hall–Kier alpha value is -2.83. The largest absolute Gasteiger partial charge is 0.480 e. The van der Waals surface area contributed by atoms with Gasteiger partial charge >= 0.3 is 5.97 Å². The lowest BCUT2D eigenvalue weighted by molar-refractivity contribution is -0.153. The molecule has 1 atom stereocenters. The van der Waals surface area contributed by atoms with Gasteiger partial charge in [0.15, 0.2) is 0 Å². The fourth-order valence-corrected chi connectivity index (χ4v) is 4.23. The molecule has 3 N–H and O–H groups in total. The normalized spacial score (nSPS) is 20.9. The van der Waals surface area contributed by atoms with Crippen molar-refractivity contribution < 1.29 is 14.7 Å². The van der Waals surface area contributed by atoms with Crippen LogP contribution in [-0.2, 0) is 22.6 Å². The molecule has 7 heteroatoms. The summed E-state index contributed by atoms with van der Waals surface area (Å²) in [6.45, 7) is 2.27. The molecule has 0 radical (unpaired) electrons. The van der Waals surface area contributed by atoms with Gasteiger partial charge in [-0.3, -0.25) is 4.79 Å². The zero-order chi connectivity index (χ0) is 19.0. The van der Waals surface area contributed by atoms with E-state index in [4.69, 9.17) is 0 Å². The lowest BCUT2D eigenvalue weighted by Crippen LogP contribution is -2.58. The molecule has 1 aromatic carbocycles. The summed E-state index contributed by atoms with van der Waals surface area (Å²) in [5, 5.41) is 13.2. The van der Waals surface area contributed by atoms with Crippen LogP contribution in [0.1, 0.15) is 42.6 Å². The summed E-state index contributed by atoms with van der Waals surface area (Å²) in [6.07, 6.45) is 5.11. The van der Waals surface area contributed by atoms with E-state index in [1.54, 1.807) is 6.33 Å². The minimum Gasteiger partial charge on any atom is -0.480 e. The second-order valence-corrected chi connectivity index (χ2v) is 7.60. The van der Waals surface area contributed by atoms with Crippen LogP contribution in [0.4, 0.5) is 5.69 Å². The first-order chi connectivity index (χ1) is 13.0. The van der Waals surface area contributed by atoms with Crippen LogP contribution in [0.15, 0.2) is 30.6 Å². The molecular formula is C20H24N4O3. The van der Waals surface area contributed by atoms with E-state index in [0.717, 1.165) is 35.5 Å². The lowest BCUT2D eigenvalue weighted by atomic mass is 9.91. The Kier molecular flexibility index (Phi) is 4.37. The minimum absolute atomic E-state index is 0.131. The van der Waals surface area contributed by atoms with Gasteiger partial charge in [0.05, 0.1) is 24.3 Å². The minimum atomic E-state index is -0.986. The molecule has 1 aromatic heterocycles. The van der Waals surface area contributed by atoms with Crippen molar-refractivity contribution in [2.75, 3.05) is 5.32 Å². The number of fused-ring (bicyclic) bond motifs is 1. The molecule has 2 aromatic rings. The molecule has 1 fully saturated rings. The maximum Gasteiger partial charge on any atom is 0.326 e. The highest BCUT2D eigenvalue weighted by molar-refractivity contribution is 5.93. The average Bonchev–Trinajstić information content (AvgIpc) is 3.31. The van der Waals surface area contributed by atoms with Crippen molar-refractivity contribution in [3.8, 4) is 0 Å². The highest BCUT2D eigenvalue weighted by Crippen LogP contribution is 2.37. The van der Waals surface area contributed by atoms with Gasteiger partial charge in [-0.2, -0.15) is 0 Å². The summed E-state index contributed by atoms with van der Waals surface area (Å²) in [4.78, 5) is 34.2. The van der Waals surface area contributed by atoms with Crippen molar-refractivity contribution in [1.82, 2.24) is 14.9 Å².